The summed E-state index contributed by atoms with van der Waals surface area (Å²) in [6.45, 7) is 19.7. The van der Waals surface area contributed by atoms with Gasteiger partial charge in [-0.1, -0.05) is 43.0 Å². The number of nitrogens with zero attached hydrogens (tertiary/aromatic N) is 7. The lowest BCUT2D eigenvalue weighted by Crippen LogP contribution is -2.36. The third-order valence-corrected chi connectivity index (χ3v) is 22.2. The maximum absolute atomic E-state index is 12.6. The highest BCUT2D eigenvalue weighted by molar-refractivity contribution is 7.90. The van der Waals surface area contributed by atoms with Gasteiger partial charge in [0.2, 0.25) is 20.0 Å². The van der Waals surface area contributed by atoms with Gasteiger partial charge in [0.25, 0.3) is 10.2 Å². The monoisotopic (exact) mass is 1330 g/mol. The zero-order valence-corrected chi connectivity index (χ0v) is 57.4. The SMILES string of the molecule is COc1ccc(C)cc1S(=O)(=O)NCCCCCNc1nc(-c2nc(C)sc2C)cs1.Cc1ccc(S(=O)(=O)NCCCCCNc2nc(-c3nc(C)sc3C)cs2)cc1.Cc1nc(-c2csc(NCCCCCNS(=O)(=O)N(C)C)n2)c(C)s1. The molecular formula is C56H79N13O7S9. The number of ether oxygens (including phenoxy) is 1. The number of hydrogen-bond acceptors (Lipinski definition) is 22. The molecule has 20 nitrogen and oxygen atoms in total. The van der Waals surface area contributed by atoms with Crippen LogP contribution < -0.4 is 34.9 Å². The second-order valence-corrected chi connectivity index (χ2v) is 32.2. The number of thiazole rings is 6. The van der Waals surface area contributed by atoms with Crippen molar-refractivity contribution in [2.45, 2.75) is 123 Å². The highest BCUT2D eigenvalue weighted by atomic mass is 32.2. The number of unbranched alkanes of at least 4 members (excludes halogenated alkanes) is 6. The van der Waals surface area contributed by atoms with Gasteiger partial charge in [-0.25, -0.2) is 60.9 Å². The van der Waals surface area contributed by atoms with E-state index in [1.165, 1.54) is 40.1 Å². The Morgan fingerprint density at radius 3 is 1.18 bits per heavy atom. The molecule has 0 atom stereocenters. The maximum Gasteiger partial charge on any atom is 0.278 e. The molecule has 85 heavy (non-hydrogen) atoms. The highest BCUT2D eigenvalue weighted by Crippen LogP contribution is 2.33. The number of sulfonamides is 2. The molecule has 29 heteroatoms. The smallest absolute Gasteiger partial charge is 0.278 e. The van der Waals surface area contributed by atoms with Gasteiger partial charge < -0.3 is 20.7 Å². The lowest BCUT2D eigenvalue weighted by molar-refractivity contribution is 0.402. The van der Waals surface area contributed by atoms with E-state index in [1.807, 2.05) is 56.8 Å². The van der Waals surface area contributed by atoms with Gasteiger partial charge in [-0.05, 0) is 124 Å². The van der Waals surface area contributed by atoms with Crippen molar-refractivity contribution in [2.24, 2.45) is 0 Å². The van der Waals surface area contributed by atoms with E-state index in [4.69, 9.17) is 4.74 Å². The van der Waals surface area contributed by atoms with E-state index in [0.717, 1.165) is 153 Å². The molecule has 6 aromatic heterocycles. The molecule has 6 heterocycles. The summed E-state index contributed by atoms with van der Waals surface area (Å²) < 4.78 is 86.9. The van der Waals surface area contributed by atoms with E-state index in [9.17, 15) is 25.3 Å². The van der Waals surface area contributed by atoms with E-state index >= 15 is 0 Å². The molecular weight excluding hydrogens is 1260 g/mol. The van der Waals surface area contributed by atoms with Crippen LogP contribution in [0.15, 0.2) is 68.4 Å². The third-order valence-electron chi connectivity index (χ3n) is 12.6. The van der Waals surface area contributed by atoms with Gasteiger partial charge in [0.15, 0.2) is 15.4 Å². The highest BCUT2D eigenvalue weighted by Gasteiger charge is 2.20. The number of methoxy groups -OCH3 is 1. The van der Waals surface area contributed by atoms with Crippen LogP contribution in [-0.2, 0) is 30.3 Å². The Kier molecular flexibility index (Phi) is 27.2. The van der Waals surface area contributed by atoms with Gasteiger partial charge in [0, 0.05) is 84.1 Å². The first-order valence-corrected chi connectivity index (χ1v) is 37.2. The number of hydrogen-bond donors (Lipinski definition) is 6. The van der Waals surface area contributed by atoms with Gasteiger partial charge in [-0.15, -0.1) is 68.0 Å². The molecule has 464 valence electrons. The van der Waals surface area contributed by atoms with Crippen molar-refractivity contribution in [1.82, 2.24) is 48.4 Å². The molecule has 0 amide bonds. The molecule has 0 aliphatic heterocycles. The van der Waals surface area contributed by atoms with E-state index in [1.54, 1.807) is 104 Å². The molecule has 0 aliphatic rings. The van der Waals surface area contributed by atoms with E-state index in [0.29, 0.717) is 30.3 Å². The number of rotatable bonds is 31. The van der Waals surface area contributed by atoms with Crippen molar-refractivity contribution >= 4 is 114 Å². The molecule has 0 aliphatic carbocycles. The second kappa shape index (κ2) is 33.5. The fourth-order valence-corrected chi connectivity index (χ4v) is 15.9. The first-order chi connectivity index (χ1) is 40.4. The van der Waals surface area contributed by atoms with Crippen LogP contribution >= 0.6 is 68.0 Å². The second-order valence-electron chi connectivity index (χ2n) is 19.9. The minimum Gasteiger partial charge on any atom is -0.495 e. The van der Waals surface area contributed by atoms with Crippen molar-refractivity contribution in [1.29, 1.82) is 0 Å². The van der Waals surface area contributed by atoms with E-state index < -0.39 is 30.3 Å². The van der Waals surface area contributed by atoms with Gasteiger partial charge in [0.1, 0.15) is 44.8 Å². The van der Waals surface area contributed by atoms with Crippen LogP contribution in [0.3, 0.4) is 0 Å². The summed E-state index contributed by atoms with van der Waals surface area (Å²) in [5, 5.41) is 21.9. The summed E-state index contributed by atoms with van der Waals surface area (Å²) in [5.41, 5.74) is 7.58. The van der Waals surface area contributed by atoms with Gasteiger partial charge in [0.05, 0.1) is 27.0 Å². The number of nitrogens with one attached hydrogen (secondary N) is 6. The Morgan fingerprint density at radius 2 is 0.812 bits per heavy atom. The zero-order valence-electron chi connectivity index (χ0n) is 50.0. The number of aromatic nitrogens is 6. The van der Waals surface area contributed by atoms with Crippen molar-refractivity contribution in [3.63, 3.8) is 0 Å². The van der Waals surface area contributed by atoms with Gasteiger partial charge >= 0.3 is 0 Å². The third kappa shape index (κ3) is 22.0. The summed E-state index contributed by atoms with van der Waals surface area (Å²) in [5.74, 6) is 0.355. The summed E-state index contributed by atoms with van der Waals surface area (Å²) in [7, 11) is -5.81. The largest absolute Gasteiger partial charge is 0.495 e. The first-order valence-electron chi connectivity index (χ1n) is 27.7. The molecule has 0 saturated carbocycles. The molecule has 0 saturated heterocycles. The predicted octanol–water partition coefficient (Wildman–Crippen LogP) is 12.4. The minimum atomic E-state index is -3.59. The molecule has 8 aromatic rings. The van der Waals surface area contributed by atoms with Crippen molar-refractivity contribution < 1.29 is 30.0 Å². The van der Waals surface area contributed by atoms with Crippen LogP contribution in [0.2, 0.25) is 0 Å². The van der Waals surface area contributed by atoms with Crippen LogP contribution in [0.4, 0.5) is 15.4 Å². The van der Waals surface area contributed by atoms with Gasteiger partial charge in [-0.2, -0.15) is 12.7 Å². The Balaban J connectivity index is 0.000000205. The normalized spacial score (nSPS) is 11.8. The molecule has 0 radical (unpaired) electrons. The topological polar surface area (TPSA) is 264 Å². The molecule has 0 unspecified atom stereocenters. The van der Waals surface area contributed by atoms with Gasteiger partial charge in [-0.3, -0.25) is 0 Å². The van der Waals surface area contributed by atoms with Crippen LogP contribution in [0.1, 0.15) is 98.6 Å². The maximum atomic E-state index is 12.6. The minimum absolute atomic E-state index is 0.182. The van der Waals surface area contributed by atoms with Crippen LogP contribution in [0.25, 0.3) is 34.2 Å². The lowest BCUT2D eigenvalue weighted by Gasteiger charge is -2.12. The Labute approximate surface area is 526 Å². The standard InChI is InChI=1S/C21H28N4O3S3.C20H26N4O2S3.C15H25N5O2S3/c1-14-8-9-18(28-4)19(12-14)31(26,27)23-11-7-5-6-10-22-21-25-17(13-29-21)20-15(2)30-16(3)24-20;1-14-7-9-17(10-8-14)29(25,26)22-12-6-4-5-11-21-20-24-18(13-27-20)19-15(2)28-16(3)23-19;1-11-14(18-12(2)24-11)13-10-23-15(19-13)16-8-6-5-7-9-17-25(21,22)20(3)4/h8-9,12-13,23H,5-7,10-11H2,1-4H3,(H,22,25);7-10,13,22H,4-6,11-12H2,1-3H3,(H,21,24);10,17H,5-9H2,1-4H3,(H,16,19). The number of anilines is 3. The van der Waals surface area contributed by atoms with Crippen LogP contribution in [0.5, 0.6) is 5.75 Å². The van der Waals surface area contributed by atoms with Crippen LogP contribution in [0, 0.1) is 55.4 Å². The molecule has 0 spiro atoms. The lowest BCUT2D eigenvalue weighted by atomic mass is 10.2. The quantitative estimate of drug-likeness (QED) is 0.0221. The summed E-state index contributed by atoms with van der Waals surface area (Å²) in [6, 6.07) is 12.0. The summed E-state index contributed by atoms with van der Waals surface area (Å²) in [4.78, 5) is 31.5. The van der Waals surface area contributed by atoms with Crippen molar-refractivity contribution in [3.8, 4) is 39.9 Å². The first kappa shape index (κ1) is 69.2. The molecule has 0 fully saturated rings. The summed E-state index contributed by atoms with van der Waals surface area (Å²) in [6.07, 6.45) is 8.02. The zero-order chi connectivity index (χ0) is 61.7. The predicted molar refractivity (Wildman–Crippen MR) is 355 cm³/mol. The van der Waals surface area contributed by atoms with Crippen molar-refractivity contribution in [3.05, 3.63) is 99.4 Å². The Morgan fingerprint density at radius 1 is 0.447 bits per heavy atom. The number of aryl methyl sites for hydroxylation is 8. The fraction of sp³-hybridized carbons (Fsp3) is 0.464. The average molecular weight is 1330 g/mol. The number of benzene rings is 2. The van der Waals surface area contributed by atoms with Crippen LogP contribution in [-0.4, -0.2) is 120 Å². The Bertz CT molecular complexity index is 3700. The molecule has 2 aromatic carbocycles. The molecule has 8 rings (SSSR count). The van der Waals surface area contributed by atoms with E-state index in [2.05, 4.69) is 80.8 Å². The molecule has 0 bridgehead atoms. The van der Waals surface area contributed by atoms with E-state index in [-0.39, 0.29) is 4.90 Å². The molecule has 6 N–H and O–H groups in total. The Hall–Kier alpha value is -4.89. The van der Waals surface area contributed by atoms with Crippen molar-refractivity contribution in [2.75, 3.05) is 76.4 Å². The summed E-state index contributed by atoms with van der Waals surface area (Å²) >= 11 is 9.80. The average Bonchev–Trinajstić information content (AvgIpc) is 4.20. The fourth-order valence-electron chi connectivity index (χ4n) is 8.17.